The lowest BCUT2D eigenvalue weighted by Gasteiger charge is -2.43. The third kappa shape index (κ3) is 6.48. The monoisotopic (exact) mass is 591 g/mol. The van der Waals surface area contributed by atoms with Crippen LogP contribution in [0.3, 0.4) is 0 Å². The van der Waals surface area contributed by atoms with Crippen molar-refractivity contribution in [2.24, 2.45) is 0 Å². The van der Waals surface area contributed by atoms with Gasteiger partial charge in [0.25, 0.3) is 0 Å². The molecule has 2 aromatic rings. The van der Waals surface area contributed by atoms with Gasteiger partial charge in [-0.25, -0.2) is 17.6 Å². The van der Waals surface area contributed by atoms with Gasteiger partial charge in [-0.3, -0.25) is 0 Å². The fraction of sp³-hybridized carbons (Fsp3) is 0.567. The first-order chi connectivity index (χ1) is 19.2. The highest BCUT2D eigenvalue weighted by atomic mass is 35.5. The number of carbonyl (C=O) groups is 1. The van der Waals surface area contributed by atoms with E-state index in [1.165, 1.54) is 47.8 Å². The van der Waals surface area contributed by atoms with Crippen molar-refractivity contribution < 1.29 is 22.3 Å². The minimum Gasteiger partial charge on any atom is -0.448 e. The number of piperidine rings is 3. The topological polar surface area (TPSA) is 70.2 Å². The molecular formula is C30H39ClFN3O4S. The molecule has 0 spiro atoms. The second-order valence-corrected chi connectivity index (χ2v) is 13.6. The van der Waals surface area contributed by atoms with Crippen LogP contribution in [-0.4, -0.2) is 73.0 Å². The van der Waals surface area contributed by atoms with E-state index in [4.69, 9.17) is 16.3 Å². The third-order valence-corrected chi connectivity index (χ3v) is 10.9. The predicted octanol–water partition coefficient (Wildman–Crippen LogP) is 6.24. The standard InChI is InChI=1S/C30H39ClFN3O4S/c1-22-19-26(33-16-3-2-4-17-33)15-18-34(22)30(36)39-21-27-9-6-10-29(23-7-5-8-25(32)20-23)35(27)40(37,38)28-13-11-24(31)12-14-28/h5,7-8,11-14,20,22,26-27,29H,2-4,6,9-10,15-19,21H2,1H3/t22?,26?,27-,29+/m1/s1. The van der Waals surface area contributed by atoms with E-state index in [9.17, 15) is 17.6 Å². The fourth-order valence-corrected chi connectivity index (χ4v) is 8.59. The maximum Gasteiger partial charge on any atom is 0.410 e. The number of benzene rings is 2. The van der Waals surface area contributed by atoms with Crippen LogP contribution in [-0.2, 0) is 14.8 Å². The number of likely N-dealkylation sites (tertiary alicyclic amines) is 2. The molecule has 0 aliphatic carbocycles. The number of ether oxygens (including phenoxy) is 1. The first kappa shape index (κ1) is 29.3. The first-order valence-corrected chi connectivity index (χ1v) is 16.3. The summed E-state index contributed by atoms with van der Waals surface area (Å²) in [6.45, 7) is 4.90. The number of amides is 1. The number of sulfonamides is 1. The van der Waals surface area contributed by atoms with E-state index in [-0.39, 0.29) is 17.5 Å². The Morgan fingerprint density at radius 3 is 2.45 bits per heavy atom. The van der Waals surface area contributed by atoms with Crippen LogP contribution in [0.15, 0.2) is 53.4 Å². The Kier molecular flexibility index (Phi) is 9.35. The maximum atomic E-state index is 14.2. The Bertz CT molecular complexity index is 1270. The number of rotatable bonds is 6. The molecule has 3 saturated heterocycles. The normalized spacial score (nSPS) is 26.9. The zero-order valence-electron chi connectivity index (χ0n) is 23.1. The summed E-state index contributed by atoms with van der Waals surface area (Å²) >= 11 is 6.03. The summed E-state index contributed by atoms with van der Waals surface area (Å²) in [6.07, 6.45) is 7.02. The van der Waals surface area contributed by atoms with Gasteiger partial charge in [0, 0.05) is 23.7 Å². The quantitative estimate of drug-likeness (QED) is 0.398. The van der Waals surface area contributed by atoms with Crippen molar-refractivity contribution in [2.75, 3.05) is 26.2 Å². The Labute approximate surface area is 242 Å². The molecule has 3 heterocycles. The Morgan fingerprint density at radius 2 is 1.75 bits per heavy atom. The minimum atomic E-state index is -4.00. The van der Waals surface area contributed by atoms with Crippen molar-refractivity contribution in [3.05, 3.63) is 64.9 Å². The lowest BCUT2D eigenvalue weighted by Crippen LogP contribution is -2.53. The number of nitrogens with zero attached hydrogens (tertiary/aromatic N) is 3. The Morgan fingerprint density at radius 1 is 1.00 bits per heavy atom. The fourth-order valence-electron chi connectivity index (χ4n) is 6.62. The molecule has 0 aromatic heterocycles. The van der Waals surface area contributed by atoms with Crippen LogP contribution >= 0.6 is 11.6 Å². The van der Waals surface area contributed by atoms with Crippen molar-refractivity contribution >= 4 is 27.7 Å². The highest BCUT2D eigenvalue weighted by Crippen LogP contribution is 2.39. The smallest absolute Gasteiger partial charge is 0.410 e. The van der Waals surface area contributed by atoms with Gasteiger partial charge in [-0.05, 0) is 107 Å². The molecule has 7 nitrogen and oxygen atoms in total. The van der Waals surface area contributed by atoms with Gasteiger partial charge < -0.3 is 14.5 Å². The van der Waals surface area contributed by atoms with E-state index < -0.39 is 34.0 Å². The molecule has 218 valence electrons. The van der Waals surface area contributed by atoms with Gasteiger partial charge in [0.2, 0.25) is 10.0 Å². The summed E-state index contributed by atoms with van der Waals surface area (Å²) in [5, 5.41) is 0.433. The molecule has 4 atom stereocenters. The Hall–Kier alpha value is -2.20. The molecule has 3 aliphatic heterocycles. The first-order valence-electron chi connectivity index (χ1n) is 14.5. The van der Waals surface area contributed by atoms with Gasteiger partial charge in [-0.15, -0.1) is 0 Å². The van der Waals surface area contributed by atoms with Gasteiger partial charge in [-0.2, -0.15) is 4.31 Å². The van der Waals surface area contributed by atoms with E-state index in [0.717, 1.165) is 32.4 Å². The molecule has 0 saturated carbocycles. The molecular weight excluding hydrogens is 553 g/mol. The average molecular weight is 592 g/mol. The van der Waals surface area contributed by atoms with Crippen LogP contribution < -0.4 is 0 Å². The zero-order valence-corrected chi connectivity index (χ0v) is 24.6. The van der Waals surface area contributed by atoms with Crippen LogP contribution in [0.4, 0.5) is 9.18 Å². The van der Waals surface area contributed by atoms with Gasteiger partial charge in [0.1, 0.15) is 12.4 Å². The van der Waals surface area contributed by atoms with Crippen LogP contribution in [0.5, 0.6) is 0 Å². The minimum absolute atomic E-state index is 0.0495. The molecule has 2 aromatic carbocycles. The molecule has 0 radical (unpaired) electrons. The van der Waals surface area contributed by atoms with Crippen molar-refractivity contribution in [2.45, 2.75) is 87.4 Å². The SMILES string of the molecule is CC1CC(N2CCCCC2)CCN1C(=O)OC[C@H]1CCC[C@@H](c2cccc(F)c2)N1S(=O)(=O)c1ccc(Cl)cc1. The highest BCUT2D eigenvalue weighted by molar-refractivity contribution is 7.89. The summed E-state index contributed by atoms with van der Waals surface area (Å²) in [6, 6.07) is 11.5. The summed E-state index contributed by atoms with van der Waals surface area (Å²) in [7, 11) is -4.00. The number of halogens is 2. The molecule has 5 rings (SSSR count). The van der Waals surface area contributed by atoms with Crippen LogP contribution in [0.1, 0.15) is 69.9 Å². The summed E-state index contributed by atoms with van der Waals surface area (Å²) in [4.78, 5) is 17.7. The second-order valence-electron chi connectivity index (χ2n) is 11.3. The van der Waals surface area contributed by atoms with E-state index in [1.807, 2.05) is 0 Å². The molecule has 40 heavy (non-hydrogen) atoms. The van der Waals surface area contributed by atoms with E-state index in [1.54, 1.807) is 29.2 Å². The summed E-state index contributed by atoms with van der Waals surface area (Å²) in [5.74, 6) is -0.420. The van der Waals surface area contributed by atoms with Gasteiger partial charge >= 0.3 is 6.09 Å². The van der Waals surface area contributed by atoms with Crippen molar-refractivity contribution in [3.8, 4) is 0 Å². The third-order valence-electron chi connectivity index (χ3n) is 8.69. The molecule has 1 amide bonds. The Balaban J connectivity index is 1.32. The predicted molar refractivity (Wildman–Crippen MR) is 153 cm³/mol. The highest BCUT2D eigenvalue weighted by Gasteiger charge is 2.42. The van der Waals surface area contributed by atoms with Gasteiger partial charge in [0.15, 0.2) is 0 Å². The average Bonchev–Trinajstić information content (AvgIpc) is 2.96. The van der Waals surface area contributed by atoms with Crippen molar-refractivity contribution in [1.29, 1.82) is 0 Å². The molecule has 10 heteroatoms. The zero-order chi connectivity index (χ0) is 28.3. The molecule has 0 bridgehead atoms. The van der Waals surface area contributed by atoms with E-state index >= 15 is 0 Å². The number of carbonyl (C=O) groups excluding carboxylic acids is 1. The van der Waals surface area contributed by atoms with Crippen LogP contribution in [0.25, 0.3) is 0 Å². The number of hydrogen-bond acceptors (Lipinski definition) is 5. The second kappa shape index (κ2) is 12.8. The van der Waals surface area contributed by atoms with Crippen LogP contribution in [0, 0.1) is 5.82 Å². The lowest BCUT2D eigenvalue weighted by molar-refractivity contribution is 0.0282. The van der Waals surface area contributed by atoms with Crippen molar-refractivity contribution in [3.63, 3.8) is 0 Å². The van der Waals surface area contributed by atoms with E-state index in [0.29, 0.717) is 36.0 Å². The largest absolute Gasteiger partial charge is 0.448 e. The van der Waals surface area contributed by atoms with Crippen LogP contribution in [0.2, 0.25) is 5.02 Å². The van der Waals surface area contributed by atoms with Gasteiger partial charge in [-0.1, -0.05) is 30.2 Å². The maximum absolute atomic E-state index is 14.2. The van der Waals surface area contributed by atoms with Crippen molar-refractivity contribution in [1.82, 2.24) is 14.1 Å². The molecule has 3 fully saturated rings. The lowest BCUT2D eigenvalue weighted by atomic mass is 9.93. The molecule has 2 unspecified atom stereocenters. The summed E-state index contributed by atoms with van der Waals surface area (Å²) in [5.41, 5.74) is 0.585. The number of hydrogen-bond donors (Lipinski definition) is 0. The molecule has 3 aliphatic rings. The molecule has 0 N–H and O–H groups in total. The summed E-state index contributed by atoms with van der Waals surface area (Å²) < 4.78 is 49.4. The van der Waals surface area contributed by atoms with E-state index in [2.05, 4.69) is 11.8 Å². The van der Waals surface area contributed by atoms with Gasteiger partial charge in [0.05, 0.1) is 17.0 Å².